The zero-order chi connectivity index (χ0) is 19.5. The van der Waals surface area contributed by atoms with Gasteiger partial charge in [-0.1, -0.05) is 12.2 Å². The fourth-order valence-electron chi connectivity index (χ4n) is 1.96. The Bertz CT molecular complexity index is 649. The second-order valence-electron chi connectivity index (χ2n) is 4.85. The highest BCUT2D eigenvalue weighted by Gasteiger charge is 2.75. The van der Waals surface area contributed by atoms with Gasteiger partial charge in [0, 0.05) is 12.1 Å². The zero-order valence-electron chi connectivity index (χ0n) is 12.5. The molecular formula is C14H11F6NO4. The minimum atomic E-state index is -5.93. The highest BCUT2D eigenvalue weighted by Crippen LogP contribution is 2.53. The Morgan fingerprint density at radius 2 is 1.60 bits per heavy atom. The molecule has 0 bridgehead atoms. The Labute approximate surface area is 137 Å². The Balaban J connectivity index is 3.18. The third-order valence-electron chi connectivity index (χ3n) is 3.34. The van der Waals surface area contributed by atoms with E-state index in [0.29, 0.717) is 13.2 Å². The number of allylic oxidation sites excluding steroid dienone is 1. The van der Waals surface area contributed by atoms with Gasteiger partial charge in [0.25, 0.3) is 11.1 Å². The smallest absolute Gasteiger partial charge is 0.414 e. The van der Waals surface area contributed by atoms with Crippen LogP contribution < -0.4 is 0 Å². The van der Waals surface area contributed by atoms with Crippen molar-refractivity contribution >= 4 is 17.7 Å². The summed E-state index contributed by atoms with van der Waals surface area (Å²) >= 11 is 0. The third kappa shape index (κ3) is 4.09. The van der Waals surface area contributed by atoms with Gasteiger partial charge in [-0.2, -0.15) is 26.3 Å². The first-order chi connectivity index (χ1) is 11.4. The lowest BCUT2D eigenvalue weighted by atomic mass is 9.82. The van der Waals surface area contributed by atoms with Crippen molar-refractivity contribution in [3.05, 3.63) is 46.0 Å². The fourth-order valence-corrected chi connectivity index (χ4v) is 1.96. The summed E-state index contributed by atoms with van der Waals surface area (Å²) < 4.78 is 82.0. The maximum atomic E-state index is 13.0. The standard InChI is InChI=1S/C14H11F6NO4/c1-25-11(22)12(13(15,16)17,14(18,19)20)8-2-3-9-4-6-10(7-5-9)21(23)24/h2-7H,8H2,1H3/b3-2+. The van der Waals surface area contributed by atoms with Gasteiger partial charge >= 0.3 is 18.3 Å². The van der Waals surface area contributed by atoms with E-state index in [2.05, 4.69) is 4.74 Å². The molecule has 0 N–H and O–H groups in total. The van der Waals surface area contributed by atoms with Gasteiger partial charge in [0.1, 0.15) is 0 Å². The van der Waals surface area contributed by atoms with E-state index in [1.165, 1.54) is 0 Å². The molecule has 0 saturated heterocycles. The van der Waals surface area contributed by atoms with Crippen LogP contribution in [0, 0.1) is 15.5 Å². The van der Waals surface area contributed by atoms with E-state index >= 15 is 0 Å². The van der Waals surface area contributed by atoms with E-state index in [0.717, 1.165) is 30.3 Å². The Hall–Kier alpha value is -2.59. The van der Waals surface area contributed by atoms with Gasteiger partial charge in [-0.05, 0) is 24.1 Å². The summed E-state index contributed by atoms with van der Waals surface area (Å²) in [5.74, 6) is -2.47. The maximum absolute atomic E-state index is 13.0. The summed E-state index contributed by atoms with van der Waals surface area (Å²) in [6.07, 6.45) is -12.2. The highest BCUT2D eigenvalue weighted by molar-refractivity contribution is 5.79. The number of rotatable bonds is 5. The molecule has 0 atom stereocenters. The molecule has 0 spiro atoms. The Morgan fingerprint density at radius 3 is 1.96 bits per heavy atom. The van der Waals surface area contributed by atoms with Crippen LogP contribution in [0.4, 0.5) is 32.0 Å². The van der Waals surface area contributed by atoms with Gasteiger partial charge in [0.2, 0.25) is 0 Å². The molecule has 0 heterocycles. The number of carbonyl (C=O) groups is 1. The molecule has 138 valence electrons. The van der Waals surface area contributed by atoms with Crippen LogP contribution in [0.2, 0.25) is 0 Å². The lowest BCUT2D eigenvalue weighted by Gasteiger charge is -2.33. The number of ether oxygens (including phenoxy) is 1. The third-order valence-corrected chi connectivity index (χ3v) is 3.34. The molecule has 1 aromatic carbocycles. The van der Waals surface area contributed by atoms with Crippen LogP contribution in [0.15, 0.2) is 30.3 Å². The maximum Gasteiger partial charge on any atom is 0.414 e. The number of methoxy groups -OCH3 is 1. The van der Waals surface area contributed by atoms with E-state index in [1.54, 1.807) is 0 Å². The van der Waals surface area contributed by atoms with Crippen molar-refractivity contribution in [2.45, 2.75) is 18.8 Å². The molecule has 5 nitrogen and oxygen atoms in total. The average molecular weight is 371 g/mol. The number of non-ortho nitro benzene ring substituents is 1. The zero-order valence-corrected chi connectivity index (χ0v) is 12.5. The molecule has 0 fully saturated rings. The first-order valence-corrected chi connectivity index (χ1v) is 6.49. The van der Waals surface area contributed by atoms with Crippen LogP contribution in [0.25, 0.3) is 6.08 Å². The second kappa shape index (κ2) is 7.11. The molecule has 0 aliphatic heterocycles. The number of nitro benzene ring substituents is 1. The molecule has 0 radical (unpaired) electrons. The van der Waals surface area contributed by atoms with Crippen LogP contribution in [-0.4, -0.2) is 30.4 Å². The number of benzene rings is 1. The van der Waals surface area contributed by atoms with Gasteiger partial charge in [-0.3, -0.25) is 14.9 Å². The number of alkyl halides is 6. The lowest BCUT2D eigenvalue weighted by molar-refractivity contribution is -0.384. The number of hydrogen-bond donors (Lipinski definition) is 0. The summed E-state index contributed by atoms with van der Waals surface area (Å²) in [5.41, 5.74) is -4.88. The molecule has 0 unspecified atom stereocenters. The normalized spacial score (nSPS) is 13.1. The second-order valence-corrected chi connectivity index (χ2v) is 4.85. The van der Waals surface area contributed by atoms with Crippen molar-refractivity contribution < 1.29 is 40.8 Å². The summed E-state index contributed by atoms with van der Waals surface area (Å²) in [4.78, 5) is 21.1. The van der Waals surface area contributed by atoms with E-state index < -0.39 is 35.1 Å². The van der Waals surface area contributed by atoms with E-state index in [9.17, 15) is 41.3 Å². The molecule has 0 aliphatic carbocycles. The van der Waals surface area contributed by atoms with Crippen molar-refractivity contribution in [1.29, 1.82) is 0 Å². The van der Waals surface area contributed by atoms with Crippen molar-refractivity contribution in [3.8, 4) is 0 Å². The van der Waals surface area contributed by atoms with Crippen molar-refractivity contribution in [2.75, 3.05) is 7.11 Å². The first-order valence-electron chi connectivity index (χ1n) is 6.49. The summed E-state index contributed by atoms with van der Waals surface area (Å²) in [7, 11) is 0.425. The van der Waals surface area contributed by atoms with Crippen molar-refractivity contribution in [1.82, 2.24) is 0 Å². The molecular weight excluding hydrogens is 360 g/mol. The number of hydrogen-bond acceptors (Lipinski definition) is 4. The number of nitro groups is 1. The number of nitrogens with zero attached hydrogens (tertiary/aromatic N) is 1. The average Bonchev–Trinajstić information content (AvgIpc) is 2.48. The number of carbonyl (C=O) groups excluding carboxylic acids is 1. The Morgan fingerprint density at radius 1 is 1.12 bits per heavy atom. The van der Waals surface area contributed by atoms with E-state index in [-0.39, 0.29) is 11.3 Å². The van der Waals surface area contributed by atoms with Gasteiger partial charge < -0.3 is 4.74 Å². The van der Waals surface area contributed by atoms with E-state index in [4.69, 9.17) is 0 Å². The minimum Gasteiger partial charge on any atom is -0.468 e. The van der Waals surface area contributed by atoms with Crippen LogP contribution in [-0.2, 0) is 9.53 Å². The molecule has 0 aromatic heterocycles. The number of esters is 1. The number of halogens is 6. The van der Waals surface area contributed by atoms with Crippen LogP contribution in [0.5, 0.6) is 0 Å². The topological polar surface area (TPSA) is 69.4 Å². The molecule has 1 aromatic rings. The SMILES string of the molecule is COC(=O)C(C/C=C/c1ccc([N+](=O)[O-])cc1)(C(F)(F)F)C(F)(F)F. The van der Waals surface area contributed by atoms with Gasteiger partial charge in [0.15, 0.2) is 0 Å². The molecule has 25 heavy (non-hydrogen) atoms. The monoisotopic (exact) mass is 371 g/mol. The van der Waals surface area contributed by atoms with Gasteiger partial charge in [-0.25, -0.2) is 0 Å². The van der Waals surface area contributed by atoms with Crippen LogP contribution in [0.1, 0.15) is 12.0 Å². The lowest BCUT2D eigenvalue weighted by Crippen LogP contribution is -2.55. The van der Waals surface area contributed by atoms with Gasteiger partial charge in [0.05, 0.1) is 12.0 Å². The summed E-state index contributed by atoms with van der Waals surface area (Å²) in [5, 5.41) is 10.5. The van der Waals surface area contributed by atoms with Crippen molar-refractivity contribution in [3.63, 3.8) is 0 Å². The van der Waals surface area contributed by atoms with Crippen LogP contribution >= 0.6 is 0 Å². The highest BCUT2D eigenvalue weighted by atomic mass is 19.4. The summed E-state index contributed by atoms with van der Waals surface area (Å²) in [6, 6.07) is 4.33. The fraction of sp³-hybridized carbons (Fsp3) is 0.357. The first kappa shape index (κ1) is 20.5. The van der Waals surface area contributed by atoms with E-state index in [1.807, 2.05) is 0 Å². The largest absolute Gasteiger partial charge is 0.468 e. The van der Waals surface area contributed by atoms with Crippen molar-refractivity contribution in [2.24, 2.45) is 5.41 Å². The molecule has 0 saturated carbocycles. The quantitative estimate of drug-likeness (QED) is 0.335. The molecule has 11 heteroatoms. The molecule has 0 aliphatic rings. The summed E-state index contributed by atoms with van der Waals surface area (Å²) in [6.45, 7) is 0. The predicted octanol–water partition coefficient (Wildman–Crippen LogP) is 4.28. The molecule has 0 amide bonds. The van der Waals surface area contributed by atoms with Gasteiger partial charge in [-0.15, -0.1) is 0 Å². The minimum absolute atomic E-state index is 0.119. The van der Waals surface area contributed by atoms with Crippen LogP contribution in [0.3, 0.4) is 0 Å². The molecule has 1 rings (SSSR count). The Kier molecular flexibility index (Phi) is 5.82. The predicted molar refractivity (Wildman–Crippen MR) is 73.3 cm³/mol.